The second-order valence-corrected chi connectivity index (χ2v) is 22.7. The fourth-order valence-corrected chi connectivity index (χ4v) is 9.64. The Morgan fingerprint density at radius 2 is 0.507 bits per heavy atom. The van der Waals surface area contributed by atoms with Crippen LogP contribution in [-0.2, 0) is 28.6 Å². The van der Waals surface area contributed by atoms with Gasteiger partial charge in [-0.3, -0.25) is 14.4 Å². The quantitative estimate of drug-likeness (QED) is 0.0343. The van der Waals surface area contributed by atoms with E-state index >= 15 is 0 Å². The molecule has 410 valence electrons. The standard InChI is InChI=1S/C63H122O6/c1-7-58(5)50-44-38-32-28-24-20-16-11-9-10-12-18-22-26-30-34-42-48-54-63(66)69-60(56-68-62(65)53-47-41-36-35-39-45-51-59(6)8-2)55-67-61(64)52-46-40-33-29-25-21-17-14-13-15-19-23-27-31-37-43-49-57(3)4/h57-60H,7-56H2,1-6H3/t58?,59?,60-/m0/s1. The summed E-state index contributed by atoms with van der Waals surface area (Å²) < 4.78 is 16.9. The molecule has 0 amide bonds. The molecule has 0 saturated heterocycles. The summed E-state index contributed by atoms with van der Waals surface area (Å²) >= 11 is 0. The van der Waals surface area contributed by atoms with Crippen LogP contribution in [0.15, 0.2) is 0 Å². The molecular weight excluding hydrogens is 853 g/mol. The van der Waals surface area contributed by atoms with Gasteiger partial charge in [-0.2, -0.15) is 0 Å². The highest BCUT2D eigenvalue weighted by atomic mass is 16.6. The van der Waals surface area contributed by atoms with E-state index in [2.05, 4.69) is 41.5 Å². The molecule has 2 unspecified atom stereocenters. The normalized spacial score (nSPS) is 12.9. The SMILES string of the molecule is CCC(C)CCCCCCCCCCCCCCCCCCCCC(=O)O[C@@H](COC(=O)CCCCCCCCCCCCCCCCCCC(C)C)COC(=O)CCCCCCCCC(C)CC. The van der Waals surface area contributed by atoms with Crippen molar-refractivity contribution in [3.63, 3.8) is 0 Å². The predicted octanol–water partition coefficient (Wildman–Crippen LogP) is 20.7. The third-order valence-corrected chi connectivity index (χ3v) is 15.1. The Morgan fingerprint density at radius 1 is 0.290 bits per heavy atom. The first-order chi connectivity index (χ1) is 33.7. The molecule has 0 aromatic rings. The van der Waals surface area contributed by atoms with Crippen molar-refractivity contribution in [2.45, 2.75) is 356 Å². The van der Waals surface area contributed by atoms with Crippen LogP contribution in [0.3, 0.4) is 0 Å². The molecule has 0 N–H and O–H groups in total. The van der Waals surface area contributed by atoms with Crippen molar-refractivity contribution in [2.75, 3.05) is 13.2 Å². The molecule has 6 nitrogen and oxygen atoms in total. The van der Waals surface area contributed by atoms with Crippen LogP contribution in [0.25, 0.3) is 0 Å². The summed E-state index contributed by atoms with van der Waals surface area (Å²) in [7, 11) is 0. The molecule has 3 atom stereocenters. The summed E-state index contributed by atoms with van der Waals surface area (Å²) in [6, 6.07) is 0. The average Bonchev–Trinajstić information content (AvgIpc) is 3.34. The van der Waals surface area contributed by atoms with Gasteiger partial charge >= 0.3 is 17.9 Å². The van der Waals surface area contributed by atoms with Crippen LogP contribution in [-0.4, -0.2) is 37.2 Å². The monoisotopic (exact) mass is 975 g/mol. The number of ether oxygens (including phenoxy) is 3. The van der Waals surface area contributed by atoms with Crippen LogP contribution in [0.2, 0.25) is 0 Å². The maximum atomic E-state index is 12.9. The Bertz CT molecular complexity index is 1070. The van der Waals surface area contributed by atoms with Crippen molar-refractivity contribution >= 4 is 17.9 Å². The van der Waals surface area contributed by atoms with Gasteiger partial charge in [0.05, 0.1) is 0 Å². The maximum Gasteiger partial charge on any atom is 0.306 e. The topological polar surface area (TPSA) is 78.9 Å². The number of carbonyl (C=O) groups is 3. The van der Waals surface area contributed by atoms with E-state index in [-0.39, 0.29) is 31.1 Å². The number of rotatable bonds is 56. The zero-order valence-electron chi connectivity index (χ0n) is 47.6. The summed E-state index contributed by atoms with van der Waals surface area (Å²) in [6.07, 6.45) is 58.2. The maximum absolute atomic E-state index is 12.9. The lowest BCUT2D eigenvalue weighted by Gasteiger charge is -2.18. The number of hydrogen-bond acceptors (Lipinski definition) is 6. The predicted molar refractivity (Wildman–Crippen MR) is 298 cm³/mol. The Balaban J connectivity index is 4.21. The molecule has 0 bridgehead atoms. The average molecular weight is 976 g/mol. The number of esters is 3. The van der Waals surface area contributed by atoms with Gasteiger partial charge in [0, 0.05) is 19.3 Å². The van der Waals surface area contributed by atoms with Crippen molar-refractivity contribution in [3.8, 4) is 0 Å². The Hall–Kier alpha value is -1.59. The molecule has 0 fully saturated rings. The van der Waals surface area contributed by atoms with Crippen LogP contribution >= 0.6 is 0 Å². The van der Waals surface area contributed by atoms with Crippen LogP contribution in [0.1, 0.15) is 350 Å². The van der Waals surface area contributed by atoms with Gasteiger partial charge in [0.15, 0.2) is 6.10 Å². The molecule has 6 heteroatoms. The Labute approximate surface area is 431 Å². The second-order valence-electron chi connectivity index (χ2n) is 22.7. The fourth-order valence-electron chi connectivity index (χ4n) is 9.64. The molecule has 0 aliphatic carbocycles. The summed E-state index contributed by atoms with van der Waals surface area (Å²) in [6.45, 7) is 13.8. The number of hydrogen-bond donors (Lipinski definition) is 0. The van der Waals surface area contributed by atoms with Gasteiger partial charge in [-0.05, 0) is 37.0 Å². The second kappa shape index (κ2) is 54.2. The third-order valence-electron chi connectivity index (χ3n) is 15.1. The van der Waals surface area contributed by atoms with Gasteiger partial charge < -0.3 is 14.2 Å². The molecule has 0 saturated carbocycles. The van der Waals surface area contributed by atoms with Crippen LogP contribution < -0.4 is 0 Å². The highest BCUT2D eigenvalue weighted by molar-refractivity contribution is 5.71. The van der Waals surface area contributed by atoms with Crippen LogP contribution in [0.5, 0.6) is 0 Å². The molecule has 0 radical (unpaired) electrons. The minimum atomic E-state index is -0.764. The molecular formula is C63H122O6. The van der Waals surface area contributed by atoms with Crippen LogP contribution in [0, 0.1) is 17.8 Å². The molecule has 69 heavy (non-hydrogen) atoms. The first-order valence-electron chi connectivity index (χ1n) is 31.2. The van der Waals surface area contributed by atoms with E-state index < -0.39 is 6.10 Å². The third kappa shape index (κ3) is 54.0. The van der Waals surface area contributed by atoms with Gasteiger partial charge in [0.1, 0.15) is 13.2 Å². The van der Waals surface area contributed by atoms with E-state index in [1.807, 2.05) is 0 Å². The highest BCUT2D eigenvalue weighted by Gasteiger charge is 2.19. The number of unbranched alkanes of at least 4 members (excludes halogenated alkanes) is 37. The van der Waals surface area contributed by atoms with E-state index in [1.54, 1.807) is 0 Å². The van der Waals surface area contributed by atoms with Gasteiger partial charge in [0.2, 0.25) is 0 Å². The van der Waals surface area contributed by atoms with E-state index in [4.69, 9.17) is 14.2 Å². The molecule has 0 rings (SSSR count). The van der Waals surface area contributed by atoms with Gasteiger partial charge in [-0.1, -0.05) is 311 Å². The minimum absolute atomic E-state index is 0.0637. The van der Waals surface area contributed by atoms with E-state index in [9.17, 15) is 14.4 Å². The zero-order valence-corrected chi connectivity index (χ0v) is 47.6. The summed E-state index contributed by atoms with van der Waals surface area (Å²) in [4.78, 5) is 38.2. The van der Waals surface area contributed by atoms with Gasteiger partial charge in [-0.15, -0.1) is 0 Å². The van der Waals surface area contributed by atoms with Crippen molar-refractivity contribution in [1.82, 2.24) is 0 Å². The summed E-state index contributed by atoms with van der Waals surface area (Å²) in [5.41, 5.74) is 0. The van der Waals surface area contributed by atoms with Crippen LogP contribution in [0.4, 0.5) is 0 Å². The smallest absolute Gasteiger partial charge is 0.306 e. The molecule has 0 aliphatic rings. The summed E-state index contributed by atoms with van der Waals surface area (Å²) in [5, 5.41) is 0. The zero-order chi connectivity index (χ0) is 50.5. The Kier molecular flexibility index (Phi) is 52.9. The van der Waals surface area contributed by atoms with Gasteiger partial charge in [0.25, 0.3) is 0 Å². The van der Waals surface area contributed by atoms with E-state index in [0.29, 0.717) is 19.3 Å². The lowest BCUT2D eigenvalue weighted by molar-refractivity contribution is -0.167. The Morgan fingerprint density at radius 3 is 0.754 bits per heavy atom. The molecule has 0 heterocycles. The lowest BCUT2D eigenvalue weighted by Crippen LogP contribution is -2.30. The van der Waals surface area contributed by atoms with Gasteiger partial charge in [-0.25, -0.2) is 0 Å². The fraction of sp³-hybridized carbons (Fsp3) is 0.952. The molecule has 0 aromatic carbocycles. The van der Waals surface area contributed by atoms with Crippen molar-refractivity contribution < 1.29 is 28.6 Å². The molecule has 0 spiro atoms. The first-order valence-corrected chi connectivity index (χ1v) is 31.2. The molecule has 0 aromatic heterocycles. The first kappa shape index (κ1) is 67.4. The summed E-state index contributed by atoms with van der Waals surface area (Å²) in [5.74, 6) is 1.73. The number of carbonyl (C=O) groups excluding carboxylic acids is 3. The van der Waals surface area contributed by atoms with E-state index in [1.165, 1.54) is 231 Å². The van der Waals surface area contributed by atoms with E-state index in [0.717, 1.165) is 75.5 Å². The van der Waals surface area contributed by atoms with Crippen molar-refractivity contribution in [1.29, 1.82) is 0 Å². The van der Waals surface area contributed by atoms with Crippen molar-refractivity contribution in [3.05, 3.63) is 0 Å². The highest BCUT2D eigenvalue weighted by Crippen LogP contribution is 2.20. The largest absolute Gasteiger partial charge is 0.462 e. The lowest BCUT2D eigenvalue weighted by atomic mass is 9.99. The minimum Gasteiger partial charge on any atom is -0.462 e. The molecule has 0 aliphatic heterocycles. The van der Waals surface area contributed by atoms with Crippen molar-refractivity contribution in [2.24, 2.45) is 17.8 Å².